The molecule has 1 aliphatic carbocycles. The number of phenols is 1. The predicted molar refractivity (Wildman–Crippen MR) is 156 cm³/mol. The molecule has 0 bridgehead atoms. The molecule has 0 amide bonds. The summed E-state index contributed by atoms with van der Waals surface area (Å²) in [5.74, 6) is -2.14. The van der Waals surface area contributed by atoms with Crippen LogP contribution >= 0.6 is 0 Å². The monoisotopic (exact) mass is 546 g/mol. The van der Waals surface area contributed by atoms with E-state index in [2.05, 4.69) is 0 Å². The minimum Gasteiger partial charge on any atom is -0.506 e. The number of aliphatic hydroxyl groups is 1. The number of allylic oxidation sites excluding steroid dienone is 5. The molecule has 7 nitrogen and oxygen atoms in total. The lowest BCUT2D eigenvalue weighted by Crippen LogP contribution is -2.61. The summed E-state index contributed by atoms with van der Waals surface area (Å²) in [7, 11) is 0. The van der Waals surface area contributed by atoms with E-state index in [0.29, 0.717) is 11.3 Å². The Morgan fingerprint density at radius 1 is 0.900 bits per heavy atom. The zero-order valence-corrected chi connectivity index (χ0v) is 24.5. The van der Waals surface area contributed by atoms with E-state index >= 15 is 0 Å². The van der Waals surface area contributed by atoms with E-state index < -0.39 is 33.6 Å². The fourth-order valence-corrected chi connectivity index (χ4v) is 5.33. The maximum Gasteiger partial charge on any atom is 0.237 e. The van der Waals surface area contributed by atoms with Gasteiger partial charge in [-0.3, -0.25) is 14.4 Å². The first kappa shape index (κ1) is 29.3. The number of ketones is 2. The molecule has 212 valence electrons. The summed E-state index contributed by atoms with van der Waals surface area (Å²) in [6, 6.07) is 1.48. The number of Topliss-reactive ketones (excluding diaryl/α,β-unsaturated/α-hetero) is 2. The zero-order chi connectivity index (χ0) is 29.8. The first-order valence-corrected chi connectivity index (χ1v) is 13.5. The molecule has 2 N–H and O–H groups in total. The Morgan fingerprint density at radius 2 is 1.45 bits per heavy atom. The molecule has 0 saturated carbocycles. The number of phenolic OH excluding ortho intramolecular Hbond substituents is 1. The SMILES string of the molecule is CC(C)=CCC1(CC=C(C)C)C(=O)[C@](O)(CC=C(C)C)C(=O)c2oc3cc4c(c(O)c3c(=O)c21)C=CC(C)(C)O4. The minimum absolute atomic E-state index is 0.0586. The third-order valence-corrected chi connectivity index (χ3v) is 7.58. The number of fused-ring (bicyclic) bond motifs is 3. The second kappa shape index (κ2) is 10.0. The number of aromatic hydroxyl groups is 1. The summed E-state index contributed by atoms with van der Waals surface area (Å²) in [6.45, 7) is 14.8. The van der Waals surface area contributed by atoms with Crippen LogP contribution in [0.1, 0.15) is 96.3 Å². The van der Waals surface area contributed by atoms with Crippen molar-refractivity contribution in [3.05, 3.63) is 74.2 Å². The molecule has 0 fully saturated rings. The molecule has 40 heavy (non-hydrogen) atoms. The summed E-state index contributed by atoms with van der Waals surface area (Å²) < 4.78 is 12.1. The van der Waals surface area contributed by atoms with Gasteiger partial charge in [0.2, 0.25) is 11.2 Å². The Balaban J connectivity index is 2.17. The molecular weight excluding hydrogens is 508 g/mol. The lowest BCUT2D eigenvalue weighted by molar-refractivity contribution is -0.140. The molecule has 0 spiro atoms. The van der Waals surface area contributed by atoms with E-state index in [-0.39, 0.29) is 47.3 Å². The van der Waals surface area contributed by atoms with Gasteiger partial charge in [-0.05, 0) is 80.4 Å². The van der Waals surface area contributed by atoms with Crippen LogP contribution in [0.3, 0.4) is 0 Å². The molecule has 0 unspecified atom stereocenters. The van der Waals surface area contributed by atoms with Gasteiger partial charge < -0.3 is 19.4 Å². The summed E-state index contributed by atoms with van der Waals surface area (Å²) >= 11 is 0. The highest BCUT2D eigenvalue weighted by Crippen LogP contribution is 2.48. The van der Waals surface area contributed by atoms with Crippen molar-refractivity contribution in [1.82, 2.24) is 0 Å². The molecule has 2 aromatic rings. The van der Waals surface area contributed by atoms with Crippen LogP contribution in [0.25, 0.3) is 17.0 Å². The zero-order valence-electron chi connectivity index (χ0n) is 24.5. The Bertz CT molecular complexity index is 1580. The largest absolute Gasteiger partial charge is 0.506 e. The third-order valence-electron chi connectivity index (χ3n) is 7.58. The van der Waals surface area contributed by atoms with Crippen LogP contribution in [-0.4, -0.2) is 33.0 Å². The van der Waals surface area contributed by atoms with Crippen molar-refractivity contribution in [1.29, 1.82) is 0 Å². The van der Waals surface area contributed by atoms with Gasteiger partial charge in [0.05, 0.1) is 16.5 Å². The number of rotatable bonds is 6. The number of carbonyl (C=O) groups is 2. The van der Waals surface area contributed by atoms with Crippen molar-refractivity contribution < 1.29 is 29.0 Å². The van der Waals surface area contributed by atoms with Crippen LogP contribution in [0.15, 0.2) is 56.3 Å². The average Bonchev–Trinajstić information content (AvgIpc) is 2.85. The molecule has 2 aliphatic rings. The van der Waals surface area contributed by atoms with E-state index in [1.807, 2.05) is 67.5 Å². The molecule has 1 aromatic heterocycles. The maximum absolute atomic E-state index is 14.4. The van der Waals surface area contributed by atoms with Gasteiger partial charge in [0.1, 0.15) is 28.1 Å². The molecule has 1 aliphatic heterocycles. The van der Waals surface area contributed by atoms with Crippen molar-refractivity contribution in [3.8, 4) is 11.5 Å². The van der Waals surface area contributed by atoms with Crippen molar-refractivity contribution in [2.24, 2.45) is 0 Å². The van der Waals surface area contributed by atoms with E-state index in [1.165, 1.54) is 6.07 Å². The highest BCUT2D eigenvalue weighted by Gasteiger charge is 2.61. The number of benzene rings is 1. The van der Waals surface area contributed by atoms with Crippen LogP contribution in [-0.2, 0) is 10.2 Å². The van der Waals surface area contributed by atoms with Gasteiger partial charge in [0, 0.05) is 12.5 Å². The molecule has 4 rings (SSSR count). The smallest absolute Gasteiger partial charge is 0.237 e. The van der Waals surface area contributed by atoms with Crippen molar-refractivity contribution in [2.45, 2.75) is 91.3 Å². The number of carbonyl (C=O) groups excluding carboxylic acids is 2. The second-order valence-corrected chi connectivity index (χ2v) is 12.2. The van der Waals surface area contributed by atoms with E-state index in [0.717, 1.165) is 16.7 Å². The van der Waals surface area contributed by atoms with Gasteiger partial charge in [-0.2, -0.15) is 0 Å². The molecular formula is C33H38O7. The summed E-state index contributed by atoms with van der Waals surface area (Å²) in [5.41, 5.74) is -2.63. The number of ether oxygens (including phenoxy) is 1. The predicted octanol–water partition coefficient (Wildman–Crippen LogP) is 6.49. The lowest BCUT2D eigenvalue weighted by Gasteiger charge is -2.42. The van der Waals surface area contributed by atoms with Gasteiger partial charge in [0.15, 0.2) is 17.1 Å². The highest BCUT2D eigenvalue weighted by atomic mass is 16.5. The van der Waals surface area contributed by atoms with E-state index in [4.69, 9.17) is 9.15 Å². The van der Waals surface area contributed by atoms with Gasteiger partial charge in [-0.1, -0.05) is 34.9 Å². The van der Waals surface area contributed by atoms with Crippen LogP contribution < -0.4 is 10.2 Å². The van der Waals surface area contributed by atoms with Gasteiger partial charge >= 0.3 is 0 Å². The Hall–Kier alpha value is -3.71. The molecule has 1 aromatic carbocycles. The first-order valence-electron chi connectivity index (χ1n) is 13.5. The Labute approximate surface area is 234 Å². The molecule has 0 saturated heterocycles. The molecule has 7 heteroatoms. The van der Waals surface area contributed by atoms with E-state index in [9.17, 15) is 24.6 Å². The second-order valence-electron chi connectivity index (χ2n) is 12.2. The van der Waals surface area contributed by atoms with E-state index in [1.54, 1.807) is 18.2 Å². The normalized spacial score (nSPS) is 20.3. The van der Waals surface area contributed by atoms with Crippen LogP contribution in [0.2, 0.25) is 0 Å². The highest BCUT2D eigenvalue weighted by molar-refractivity contribution is 6.24. The maximum atomic E-state index is 14.4. The molecule has 0 radical (unpaired) electrons. The minimum atomic E-state index is -2.43. The molecule has 1 atom stereocenters. The summed E-state index contributed by atoms with van der Waals surface area (Å²) in [4.78, 5) is 42.7. The third kappa shape index (κ3) is 4.77. The summed E-state index contributed by atoms with van der Waals surface area (Å²) in [5, 5.41) is 23.0. The number of hydrogen-bond acceptors (Lipinski definition) is 7. The van der Waals surface area contributed by atoms with Gasteiger partial charge in [-0.15, -0.1) is 0 Å². The van der Waals surface area contributed by atoms with Gasteiger partial charge in [-0.25, -0.2) is 0 Å². The number of hydrogen-bond donors (Lipinski definition) is 2. The van der Waals surface area contributed by atoms with Crippen LogP contribution in [0.4, 0.5) is 0 Å². The quantitative estimate of drug-likeness (QED) is 0.315. The van der Waals surface area contributed by atoms with Crippen molar-refractivity contribution in [3.63, 3.8) is 0 Å². The van der Waals surface area contributed by atoms with Crippen molar-refractivity contribution in [2.75, 3.05) is 0 Å². The fourth-order valence-electron chi connectivity index (χ4n) is 5.33. The van der Waals surface area contributed by atoms with Crippen molar-refractivity contribution >= 4 is 28.6 Å². The summed E-state index contributed by atoms with van der Waals surface area (Å²) in [6.07, 6.45) is 8.61. The first-order chi connectivity index (χ1) is 18.5. The van der Waals surface area contributed by atoms with Crippen LogP contribution in [0.5, 0.6) is 11.5 Å². The molecule has 2 heterocycles. The Kier molecular flexibility index (Phi) is 7.35. The standard InChI is InChI=1S/C33H38O7/c1-18(2)9-14-32(15-10-19(3)4)25-27(35)24-23(17-22-21(26(24)34)12-13-31(7,8)40-22)39-28(25)29(36)33(38,30(32)37)16-11-20(5)6/h9-13,17,34,38H,14-16H2,1-8H3/t33-/m0/s1. The van der Waals surface area contributed by atoms with Gasteiger partial charge in [0.25, 0.3) is 0 Å². The fraction of sp³-hybridized carbons (Fsp3) is 0.424. The van der Waals surface area contributed by atoms with Crippen LogP contribution in [0, 0.1) is 0 Å². The lowest BCUT2D eigenvalue weighted by atomic mass is 9.60. The topological polar surface area (TPSA) is 114 Å². The average molecular weight is 547 g/mol. The Morgan fingerprint density at radius 3 is 2.00 bits per heavy atom.